The third kappa shape index (κ3) is 3.82. The largest absolute Gasteiger partial charge is 0.480 e. The molecule has 0 bridgehead atoms. The van der Waals surface area contributed by atoms with Crippen molar-refractivity contribution >= 4 is 11.9 Å². The van der Waals surface area contributed by atoms with Gasteiger partial charge in [-0.1, -0.05) is 43.2 Å². The number of hydrogen-bond acceptors (Lipinski definition) is 3. The number of carbonyl (C=O) groups is 2. The molecule has 0 unspecified atom stereocenters. The van der Waals surface area contributed by atoms with E-state index >= 15 is 0 Å². The van der Waals surface area contributed by atoms with E-state index in [1.54, 1.807) is 0 Å². The van der Waals surface area contributed by atoms with Crippen LogP contribution >= 0.6 is 0 Å². The molecule has 2 N–H and O–H groups in total. The Morgan fingerprint density at radius 1 is 1.19 bits per heavy atom. The first-order chi connectivity index (χ1) is 10.1. The summed E-state index contributed by atoms with van der Waals surface area (Å²) in [4.78, 5) is 22.9. The van der Waals surface area contributed by atoms with Crippen LogP contribution in [0.2, 0.25) is 0 Å². The van der Waals surface area contributed by atoms with Gasteiger partial charge >= 0.3 is 5.97 Å². The molecule has 1 aromatic rings. The van der Waals surface area contributed by atoms with Crippen molar-refractivity contribution in [1.29, 1.82) is 0 Å². The lowest BCUT2D eigenvalue weighted by Gasteiger charge is -2.28. The van der Waals surface area contributed by atoms with Crippen LogP contribution in [0.5, 0.6) is 0 Å². The molecule has 0 saturated heterocycles. The van der Waals surface area contributed by atoms with E-state index in [9.17, 15) is 9.59 Å². The average Bonchev–Trinajstić information content (AvgIpc) is 2.98. The van der Waals surface area contributed by atoms with Crippen molar-refractivity contribution in [2.75, 3.05) is 19.8 Å². The number of carboxylic acids is 1. The number of benzene rings is 1. The van der Waals surface area contributed by atoms with Gasteiger partial charge in [0.05, 0.1) is 12.0 Å². The Bertz CT molecular complexity index is 480. The Morgan fingerprint density at radius 3 is 2.48 bits per heavy atom. The first-order valence-corrected chi connectivity index (χ1v) is 7.28. The Labute approximate surface area is 124 Å². The van der Waals surface area contributed by atoms with Gasteiger partial charge in [-0.15, -0.1) is 0 Å². The van der Waals surface area contributed by atoms with Crippen LogP contribution in [0.15, 0.2) is 30.3 Å². The van der Waals surface area contributed by atoms with E-state index in [0.717, 1.165) is 31.2 Å². The number of aliphatic carboxylic acids is 1. The van der Waals surface area contributed by atoms with Gasteiger partial charge in [0.1, 0.15) is 6.61 Å². The zero-order chi connectivity index (χ0) is 15.1. The smallest absolute Gasteiger partial charge is 0.329 e. The summed E-state index contributed by atoms with van der Waals surface area (Å²) in [6.07, 6.45) is 3.83. The maximum Gasteiger partial charge on any atom is 0.329 e. The number of carbonyl (C=O) groups excluding carboxylic acids is 1. The molecule has 21 heavy (non-hydrogen) atoms. The predicted octanol–water partition coefficient (Wildman–Crippen LogP) is 1.72. The Balaban J connectivity index is 1.93. The molecule has 1 aromatic carbocycles. The van der Waals surface area contributed by atoms with E-state index in [4.69, 9.17) is 9.84 Å². The summed E-state index contributed by atoms with van der Waals surface area (Å²) in [5.41, 5.74) is 0.625. The Hall–Kier alpha value is -1.88. The zero-order valence-corrected chi connectivity index (χ0v) is 12.0. The summed E-state index contributed by atoms with van der Waals surface area (Å²) in [6.45, 7) is 0.212. The summed E-state index contributed by atoms with van der Waals surface area (Å²) in [6, 6.07) is 9.87. The number of amides is 1. The van der Waals surface area contributed by atoms with Crippen molar-refractivity contribution < 1.29 is 19.4 Å². The molecule has 0 aliphatic heterocycles. The molecular weight excluding hydrogens is 270 g/mol. The van der Waals surface area contributed by atoms with Crippen molar-refractivity contribution in [3.8, 4) is 0 Å². The minimum absolute atomic E-state index is 0.0186. The second kappa shape index (κ2) is 7.22. The second-order valence-electron chi connectivity index (χ2n) is 5.36. The lowest BCUT2D eigenvalue weighted by Crippen LogP contribution is -2.43. The van der Waals surface area contributed by atoms with E-state index in [-0.39, 0.29) is 19.1 Å². The van der Waals surface area contributed by atoms with Crippen LogP contribution in [0.3, 0.4) is 0 Å². The van der Waals surface area contributed by atoms with Crippen molar-refractivity contribution in [2.45, 2.75) is 31.1 Å². The van der Waals surface area contributed by atoms with Crippen molar-refractivity contribution in [2.24, 2.45) is 0 Å². The third-order valence-corrected chi connectivity index (χ3v) is 3.98. The molecule has 114 valence electrons. The molecule has 0 aromatic heterocycles. The molecular formula is C16H21NO4. The Kier molecular flexibility index (Phi) is 5.33. The van der Waals surface area contributed by atoms with Crippen LogP contribution in [0, 0.1) is 0 Å². The number of rotatable bonds is 7. The minimum atomic E-state index is -1.00. The summed E-state index contributed by atoms with van der Waals surface area (Å²) < 4.78 is 4.93. The lowest BCUT2D eigenvalue weighted by atomic mass is 9.78. The maximum atomic E-state index is 12.6. The molecule has 1 saturated carbocycles. The SMILES string of the molecule is O=C(O)COCCNC(=O)C1(c2ccccc2)CCCC1. The number of ether oxygens (including phenoxy) is 1. The molecule has 1 aliphatic carbocycles. The molecule has 0 heterocycles. The van der Waals surface area contributed by atoms with Gasteiger partial charge in [-0.25, -0.2) is 4.79 Å². The van der Waals surface area contributed by atoms with Crippen LogP contribution < -0.4 is 5.32 Å². The zero-order valence-electron chi connectivity index (χ0n) is 12.0. The van der Waals surface area contributed by atoms with E-state index in [1.807, 2.05) is 30.3 Å². The predicted molar refractivity (Wildman–Crippen MR) is 78.1 cm³/mol. The molecule has 1 amide bonds. The number of carboxylic acid groups (broad SMARTS) is 1. The van der Waals surface area contributed by atoms with Crippen molar-refractivity contribution in [3.63, 3.8) is 0 Å². The number of nitrogens with one attached hydrogen (secondary N) is 1. The standard InChI is InChI=1S/C16H21NO4/c18-14(19)12-21-11-10-17-15(20)16(8-4-5-9-16)13-6-2-1-3-7-13/h1-3,6-7H,4-5,8-12H2,(H,17,20)(H,18,19). The summed E-state index contributed by atoms with van der Waals surface area (Å²) >= 11 is 0. The van der Waals surface area contributed by atoms with Gasteiger partial charge in [-0.3, -0.25) is 4.79 Å². The average molecular weight is 291 g/mol. The highest BCUT2D eigenvalue weighted by Gasteiger charge is 2.42. The number of hydrogen-bond donors (Lipinski definition) is 2. The van der Waals surface area contributed by atoms with Crippen molar-refractivity contribution in [1.82, 2.24) is 5.32 Å². The lowest BCUT2D eigenvalue weighted by molar-refractivity contribution is -0.142. The molecule has 5 nitrogen and oxygen atoms in total. The highest BCUT2D eigenvalue weighted by Crippen LogP contribution is 2.41. The van der Waals surface area contributed by atoms with Gasteiger partial charge in [-0.05, 0) is 18.4 Å². The monoisotopic (exact) mass is 291 g/mol. The highest BCUT2D eigenvalue weighted by atomic mass is 16.5. The fourth-order valence-electron chi connectivity index (χ4n) is 2.95. The fraction of sp³-hybridized carbons (Fsp3) is 0.500. The Morgan fingerprint density at radius 2 is 1.86 bits per heavy atom. The fourth-order valence-corrected chi connectivity index (χ4v) is 2.95. The van der Waals surface area contributed by atoms with Gasteiger partial charge in [0, 0.05) is 6.54 Å². The van der Waals surface area contributed by atoms with Crippen LogP contribution in [-0.4, -0.2) is 36.7 Å². The second-order valence-corrected chi connectivity index (χ2v) is 5.36. The molecule has 0 radical (unpaired) electrons. The topological polar surface area (TPSA) is 75.6 Å². The van der Waals surface area contributed by atoms with E-state index in [0.29, 0.717) is 6.54 Å². The molecule has 1 aliphatic rings. The molecule has 0 atom stereocenters. The van der Waals surface area contributed by atoms with Gasteiger partial charge in [0.25, 0.3) is 0 Å². The van der Waals surface area contributed by atoms with E-state index in [2.05, 4.69) is 5.32 Å². The van der Waals surface area contributed by atoms with E-state index < -0.39 is 11.4 Å². The normalized spacial score (nSPS) is 16.6. The van der Waals surface area contributed by atoms with Crippen LogP contribution in [0.25, 0.3) is 0 Å². The van der Waals surface area contributed by atoms with E-state index in [1.165, 1.54) is 0 Å². The minimum Gasteiger partial charge on any atom is -0.480 e. The highest BCUT2D eigenvalue weighted by molar-refractivity contribution is 5.88. The van der Waals surface area contributed by atoms with Crippen LogP contribution in [0.1, 0.15) is 31.2 Å². The first-order valence-electron chi connectivity index (χ1n) is 7.28. The molecule has 2 rings (SSSR count). The molecule has 0 spiro atoms. The quantitative estimate of drug-likeness (QED) is 0.750. The molecule has 5 heteroatoms. The summed E-state index contributed by atoms with van der Waals surface area (Å²) in [5, 5.41) is 11.4. The van der Waals surface area contributed by atoms with Gasteiger partial charge in [0.15, 0.2) is 0 Å². The maximum absolute atomic E-state index is 12.6. The van der Waals surface area contributed by atoms with Gasteiger partial charge < -0.3 is 15.2 Å². The molecule has 1 fully saturated rings. The summed E-state index contributed by atoms with van der Waals surface area (Å²) in [7, 11) is 0. The third-order valence-electron chi connectivity index (χ3n) is 3.98. The van der Waals surface area contributed by atoms with Crippen molar-refractivity contribution in [3.05, 3.63) is 35.9 Å². The first kappa shape index (κ1) is 15.5. The van der Waals surface area contributed by atoms with Crippen LogP contribution in [0.4, 0.5) is 0 Å². The van der Waals surface area contributed by atoms with Gasteiger partial charge in [0.2, 0.25) is 5.91 Å². The van der Waals surface area contributed by atoms with Crippen LogP contribution in [-0.2, 0) is 19.7 Å². The summed E-state index contributed by atoms with van der Waals surface area (Å²) in [5.74, 6) is -0.983. The van der Waals surface area contributed by atoms with Gasteiger partial charge in [-0.2, -0.15) is 0 Å².